The number of benzene rings is 1. The Balaban J connectivity index is 3.53. The number of hydrogen-bond donors (Lipinski definition) is 3. The number of terminal acetylenes is 1. The average Bonchev–Trinajstić information content (AvgIpc) is 2.80. The van der Waals surface area contributed by atoms with Crippen LogP contribution in [0.5, 0.6) is 0 Å². The van der Waals surface area contributed by atoms with E-state index in [-0.39, 0.29) is 31.3 Å². The number of alkyl carbamates (subject to hydrolysis) is 1. The second-order valence-corrected chi connectivity index (χ2v) is 10.1. The molecule has 3 unspecified atom stereocenters. The van der Waals surface area contributed by atoms with E-state index in [1.807, 2.05) is 20.8 Å². The van der Waals surface area contributed by atoms with Crippen LogP contribution in [0.2, 0.25) is 0 Å². The van der Waals surface area contributed by atoms with E-state index in [2.05, 4.69) is 16.6 Å². The van der Waals surface area contributed by atoms with E-state index >= 15 is 0 Å². The number of nitrogens with zero attached hydrogens (tertiary/aromatic N) is 1. The maximum atomic E-state index is 13.9. The molecule has 0 saturated heterocycles. The fraction of sp³-hybridized carbons (Fsp3) is 0.571. The molecule has 0 fully saturated rings. The van der Waals surface area contributed by atoms with E-state index < -0.39 is 35.6 Å². The van der Waals surface area contributed by atoms with Gasteiger partial charge in [-0.15, -0.1) is 6.42 Å². The van der Waals surface area contributed by atoms with Gasteiger partial charge in [0.25, 0.3) is 0 Å². The Kier molecular flexibility index (Phi) is 12.7. The molecule has 9 nitrogen and oxygen atoms in total. The minimum atomic E-state index is -1.14. The number of nitrogens with one attached hydrogen (secondary N) is 2. The van der Waals surface area contributed by atoms with Gasteiger partial charge < -0.3 is 26.0 Å². The molecule has 0 heterocycles. The second-order valence-electron chi connectivity index (χ2n) is 10.1. The van der Waals surface area contributed by atoms with E-state index in [1.165, 1.54) is 4.90 Å². The van der Waals surface area contributed by atoms with Crippen LogP contribution < -0.4 is 16.4 Å². The monoisotopic (exact) mass is 514 g/mol. The number of nitrogens with two attached hydrogens (primary N) is 1. The lowest BCUT2D eigenvalue weighted by Crippen LogP contribution is -2.54. The topological polar surface area (TPSA) is 131 Å². The van der Waals surface area contributed by atoms with Crippen LogP contribution in [0.15, 0.2) is 24.3 Å². The second kappa shape index (κ2) is 14.9. The number of primary amides is 1. The van der Waals surface area contributed by atoms with E-state index in [0.717, 1.165) is 12.8 Å². The normalized spacial score (nSPS) is 13.4. The number of ether oxygens (including phenoxy) is 1. The van der Waals surface area contributed by atoms with Crippen molar-refractivity contribution in [2.24, 2.45) is 5.73 Å². The number of rotatable bonds is 13. The zero-order valence-corrected chi connectivity index (χ0v) is 22.9. The van der Waals surface area contributed by atoms with Crippen LogP contribution in [0.25, 0.3) is 0 Å². The molecule has 0 aliphatic heterocycles. The van der Waals surface area contributed by atoms with Crippen LogP contribution in [0.1, 0.15) is 90.8 Å². The van der Waals surface area contributed by atoms with Crippen molar-refractivity contribution in [2.45, 2.75) is 97.4 Å². The SMILES string of the molecule is C#Cc1ccccc1C(C(=O)NC(C)CCC)N(CCC)C(=O)C(CCC(N)=O)NC(=O)OC(C)(C)C. The minimum Gasteiger partial charge on any atom is -0.444 e. The van der Waals surface area contributed by atoms with Crippen molar-refractivity contribution < 1.29 is 23.9 Å². The van der Waals surface area contributed by atoms with Crippen molar-refractivity contribution in [1.82, 2.24) is 15.5 Å². The first-order chi connectivity index (χ1) is 17.3. The van der Waals surface area contributed by atoms with Gasteiger partial charge in [-0.1, -0.05) is 44.4 Å². The first-order valence-electron chi connectivity index (χ1n) is 12.8. The van der Waals surface area contributed by atoms with Crippen molar-refractivity contribution in [3.05, 3.63) is 35.4 Å². The molecular weight excluding hydrogens is 472 g/mol. The maximum absolute atomic E-state index is 13.9. The molecule has 0 aromatic heterocycles. The quantitative estimate of drug-likeness (QED) is 0.347. The summed E-state index contributed by atoms with van der Waals surface area (Å²) in [5.74, 6) is 1.07. The van der Waals surface area contributed by atoms with Crippen molar-refractivity contribution in [3.8, 4) is 12.3 Å². The summed E-state index contributed by atoms with van der Waals surface area (Å²) in [6, 6.07) is 4.64. The van der Waals surface area contributed by atoms with Gasteiger partial charge in [0.1, 0.15) is 17.7 Å². The van der Waals surface area contributed by atoms with Crippen LogP contribution in [-0.4, -0.2) is 52.9 Å². The van der Waals surface area contributed by atoms with Gasteiger partial charge in [0.05, 0.1) is 0 Å². The number of carbonyl (C=O) groups is 4. The Morgan fingerprint density at radius 3 is 2.27 bits per heavy atom. The van der Waals surface area contributed by atoms with Crippen LogP contribution in [0.4, 0.5) is 4.79 Å². The third kappa shape index (κ3) is 10.5. The Bertz CT molecular complexity index is 980. The summed E-state index contributed by atoms with van der Waals surface area (Å²) >= 11 is 0. The standard InChI is InChI=1S/C28H42N4O5/c1-8-13-19(4)30-25(34)24(21-15-12-11-14-20(21)10-3)32(18-9-2)26(35)22(16-17-23(29)33)31-27(36)37-28(5,6)7/h3,11-12,14-15,19,22,24H,8-9,13,16-18H2,1-2,4-7H3,(H2,29,33)(H,30,34)(H,31,36). The molecule has 37 heavy (non-hydrogen) atoms. The molecular formula is C28H42N4O5. The van der Waals surface area contributed by atoms with E-state index in [1.54, 1.807) is 45.0 Å². The molecule has 4 amide bonds. The Hall–Kier alpha value is -3.54. The minimum absolute atomic E-state index is 0.0506. The first kappa shape index (κ1) is 31.5. The van der Waals surface area contributed by atoms with Crippen LogP contribution in [-0.2, 0) is 19.1 Å². The van der Waals surface area contributed by atoms with E-state index in [4.69, 9.17) is 16.9 Å². The van der Waals surface area contributed by atoms with Gasteiger partial charge in [-0.2, -0.15) is 0 Å². The Labute approximate surface area is 220 Å². The molecule has 9 heteroatoms. The molecule has 1 aromatic carbocycles. The molecule has 1 rings (SSSR count). The lowest BCUT2D eigenvalue weighted by molar-refractivity contribution is -0.143. The lowest BCUT2D eigenvalue weighted by atomic mass is 9.96. The summed E-state index contributed by atoms with van der Waals surface area (Å²) in [6.45, 7) is 11.1. The zero-order valence-electron chi connectivity index (χ0n) is 22.9. The van der Waals surface area contributed by atoms with Crippen molar-refractivity contribution in [2.75, 3.05) is 6.54 Å². The molecule has 3 atom stereocenters. The summed E-state index contributed by atoms with van der Waals surface area (Å²) in [7, 11) is 0. The van der Waals surface area contributed by atoms with Crippen LogP contribution >= 0.6 is 0 Å². The molecule has 0 saturated carbocycles. The summed E-state index contributed by atoms with van der Waals surface area (Å²) < 4.78 is 5.33. The number of hydrogen-bond acceptors (Lipinski definition) is 5. The summed E-state index contributed by atoms with van der Waals surface area (Å²) in [6.07, 6.45) is 6.91. The molecule has 204 valence electrons. The van der Waals surface area contributed by atoms with Crippen molar-refractivity contribution in [1.29, 1.82) is 0 Å². The molecule has 1 aromatic rings. The van der Waals surface area contributed by atoms with E-state index in [9.17, 15) is 19.2 Å². The third-order valence-electron chi connectivity index (χ3n) is 5.50. The highest BCUT2D eigenvalue weighted by molar-refractivity contribution is 5.93. The van der Waals surface area contributed by atoms with Gasteiger partial charge in [0.2, 0.25) is 17.7 Å². The molecule has 0 spiro atoms. The zero-order chi connectivity index (χ0) is 28.2. The third-order valence-corrected chi connectivity index (χ3v) is 5.50. The highest BCUT2D eigenvalue weighted by Gasteiger charge is 2.37. The van der Waals surface area contributed by atoms with Crippen molar-refractivity contribution >= 4 is 23.8 Å². The lowest BCUT2D eigenvalue weighted by Gasteiger charge is -2.35. The molecule has 0 aliphatic carbocycles. The fourth-order valence-corrected chi connectivity index (χ4v) is 3.95. The summed E-state index contributed by atoms with van der Waals surface area (Å²) in [4.78, 5) is 53.1. The predicted molar refractivity (Wildman–Crippen MR) is 143 cm³/mol. The Morgan fingerprint density at radius 1 is 1.08 bits per heavy atom. The average molecular weight is 515 g/mol. The van der Waals surface area contributed by atoms with Gasteiger partial charge in [-0.25, -0.2) is 4.79 Å². The Morgan fingerprint density at radius 2 is 1.73 bits per heavy atom. The molecule has 0 aliphatic rings. The van der Waals surface area contributed by atoms with Crippen LogP contribution in [0.3, 0.4) is 0 Å². The van der Waals surface area contributed by atoms with E-state index in [0.29, 0.717) is 17.5 Å². The largest absolute Gasteiger partial charge is 0.444 e. The van der Waals surface area contributed by atoms with Gasteiger partial charge >= 0.3 is 6.09 Å². The maximum Gasteiger partial charge on any atom is 0.408 e. The predicted octanol–water partition coefficient (Wildman–Crippen LogP) is 3.41. The molecule has 0 radical (unpaired) electrons. The van der Waals surface area contributed by atoms with Gasteiger partial charge in [-0.3, -0.25) is 14.4 Å². The number of carbonyl (C=O) groups excluding carboxylic acids is 4. The summed E-state index contributed by atoms with van der Waals surface area (Å²) in [5, 5.41) is 5.57. The highest BCUT2D eigenvalue weighted by atomic mass is 16.6. The van der Waals surface area contributed by atoms with Gasteiger partial charge in [0, 0.05) is 24.6 Å². The first-order valence-corrected chi connectivity index (χ1v) is 12.8. The number of amides is 4. The molecule has 4 N–H and O–H groups in total. The highest BCUT2D eigenvalue weighted by Crippen LogP contribution is 2.27. The van der Waals surface area contributed by atoms with Gasteiger partial charge in [-0.05, 0) is 58.6 Å². The smallest absolute Gasteiger partial charge is 0.408 e. The van der Waals surface area contributed by atoms with Crippen LogP contribution in [0, 0.1) is 12.3 Å². The van der Waals surface area contributed by atoms with Crippen molar-refractivity contribution in [3.63, 3.8) is 0 Å². The van der Waals surface area contributed by atoms with Gasteiger partial charge in [0.15, 0.2) is 0 Å². The molecule has 0 bridgehead atoms. The summed E-state index contributed by atoms with van der Waals surface area (Å²) in [5.41, 5.74) is 5.52. The fourth-order valence-electron chi connectivity index (χ4n) is 3.95.